The van der Waals surface area contributed by atoms with Crippen LogP contribution in [0, 0.1) is 0 Å². The molecule has 0 spiro atoms. The van der Waals surface area contributed by atoms with E-state index in [1.54, 1.807) is 0 Å². The molecule has 4 rings (SSSR count). The molecule has 0 unspecified atom stereocenters. The predicted octanol–water partition coefficient (Wildman–Crippen LogP) is 5.57. The highest BCUT2D eigenvalue weighted by atomic mass is 79.9. The van der Waals surface area contributed by atoms with Crippen molar-refractivity contribution in [3.8, 4) is 11.3 Å². The van der Waals surface area contributed by atoms with Crippen LogP contribution in [0.1, 0.15) is 42.6 Å². The minimum atomic E-state index is 0.0938. The second-order valence-electron chi connectivity index (χ2n) is 8.22. The van der Waals surface area contributed by atoms with Gasteiger partial charge in [-0.05, 0) is 42.3 Å². The van der Waals surface area contributed by atoms with Gasteiger partial charge in [0.05, 0.1) is 16.8 Å². The Labute approximate surface area is 187 Å². The van der Waals surface area contributed by atoms with Crippen molar-refractivity contribution < 1.29 is 4.79 Å². The lowest BCUT2D eigenvalue weighted by molar-refractivity contribution is 0.0645. The van der Waals surface area contributed by atoms with Crippen LogP contribution in [-0.2, 0) is 0 Å². The van der Waals surface area contributed by atoms with E-state index in [4.69, 9.17) is 4.98 Å². The van der Waals surface area contributed by atoms with Gasteiger partial charge in [-0.15, -0.1) is 0 Å². The molecular weight excluding hydrogens is 438 g/mol. The van der Waals surface area contributed by atoms with Crippen LogP contribution in [0.2, 0.25) is 0 Å². The topological polar surface area (TPSA) is 36.4 Å². The van der Waals surface area contributed by atoms with Gasteiger partial charge in [-0.1, -0.05) is 61.0 Å². The number of pyridine rings is 1. The van der Waals surface area contributed by atoms with Gasteiger partial charge in [0, 0.05) is 41.6 Å². The van der Waals surface area contributed by atoms with E-state index in [-0.39, 0.29) is 5.91 Å². The van der Waals surface area contributed by atoms with E-state index in [9.17, 15) is 4.79 Å². The molecule has 1 aromatic heterocycles. The molecule has 0 atom stereocenters. The lowest BCUT2D eigenvalue weighted by Crippen LogP contribution is -2.48. The molecule has 1 aliphatic heterocycles. The maximum Gasteiger partial charge on any atom is 0.254 e. The number of carbonyl (C=O) groups excluding carboxylic acids is 1. The molecule has 2 heterocycles. The van der Waals surface area contributed by atoms with Crippen molar-refractivity contribution in [1.29, 1.82) is 0 Å². The Hall–Kier alpha value is -2.24. The van der Waals surface area contributed by atoms with E-state index in [0.29, 0.717) is 5.92 Å². The summed E-state index contributed by atoms with van der Waals surface area (Å²) in [5.41, 5.74) is 4.76. The fourth-order valence-corrected chi connectivity index (χ4v) is 4.36. The average molecular weight is 466 g/mol. The number of halogens is 1. The first-order valence-corrected chi connectivity index (χ1v) is 11.5. The van der Waals surface area contributed by atoms with Crippen molar-refractivity contribution in [3.05, 3.63) is 64.1 Å². The first-order chi connectivity index (χ1) is 14.5. The molecule has 0 N–H and O–H groups in total. The van der Waals surface area contributed by atoms with Crippen LogP contribution in [0.25, 0.3) is 22.2 Å². The molecule has 0 radical (unpaired) electrons. The van der Waals surface area contributed by atoms with Crippen molar-refractivity contribution in [2.45, 2.75) is 26.7 Å². The normalized spacial score (nSPS) is 15.2. The van der Waals surface area contributed by atoms with Crippen LogP contribution in [0.5, 0.6) is 0 Å². The number of amides is 1. The van der Waals surface area contributed by atoms with Gasteiger partial charge < -0.3 is 9.80 Å². The van der Waals surface area contributed by atoms with Crippen LogP contribution in [-0.4, -0.2) is 53.4 Å². The third-order valence-electron chi connectivity index (χ3n) is 5.98. The van der Waals surface area contributed by atoms with Crippen molar-refractivity contribution in [2.24, 2.45) is 0 Å². The van der Waals surface area contributed by atoms with Crippen molar-refractivity contribution in [1.82, 2.24) is 14.8 Å². The number of carbonyl (C=O) groups is 1. The summed E-state index contributed by atoms with van der Waals surface area (Å²) in [7, 11) is 0. The van der Waals surface area contributed by atoms with E-state index in [0.717, 1.165) is 64.9 Å². The minimum Gasteiger partial charge on any atom is -0.336 e. The van der Waals surface area contributed by atoms with Crippen LogP contribution >= 0.6 is 15.9 Å². The number of hydrogen-bond donors (Lipinski definition) is 0. The molecule has 1 saturated heterocycles. The lowest BCUT2D eigenvalue weighted by Gasteiger charge is -2.34. The average Bonchev–Trinajstić information content (AvgIpc) is 2.78. The second kappa shape index (κ2) is 8.86. The third-order valence-corrected chi connectivity index (χ3v) is 6.47. The predicted molar refractivity (Wildman–Crippen MR) is 127 cm³/mol. The number of aromatic nitrogens is 1. The molecule has 4 nitrogen and oxygen atoms in total. The van der Waals surface area contributed by atoms with Gasteiger partial charge in [0.25, 0.3) is 5.91 Å². The molecule has 0 aliphatic carbocycles. The number of fused-ring (bicyclic) bond motifs is 1. The van der Waals surface area contributed by atoms with Gasteiger partial charge in [0.1, 0.15) is 0 Å². The zero-order chi connectivity index (χ0) is 21.3. The van der Waals surface area contributed by atoms with E-state index in [1.165, 1.54) is 5.56 Å². The molecule has 0 bridgehead atoms. The Bertz CT molecular complexity index is 1050. The molecule has 0 saturated carbocycles. The summed E-state index contributed by atoms with van der Waals surface area (Å²) in [6, 6.07) is 16.5. The smallest absolute Gasteiger partial charge is 0.254 e. The van der Waals surface area contributed by atoms with Gasteiger partial charge in [0.2, 0.25) is 0 Å². The number of nitrogens with zero attached hydrogens (tertiary/aromatic N) is 3. The van der Waals surface area contributed by atoms with E-state index < -0.39 is 0 Å². The SMILES string of the molecule is CCN1CCN(C(=O)c2cc(-c3ccc(C(C)C)cc3)nc3ccc(Br)cc23)CC1. The lowest BCUT2D eigenvalue weighted by atomic mass is 9.99. The van der Waals surface area contributed by atoms with Crippen molar-refractivity contribution in [3.63, 3.8) is 0 Å². The molecule has 1 fully saturated rings. The number of hydrogen-bond acceptors (Lipinski definition) is 3. The Morgan fingerprint density at radius 3 is 2.37 bits per heavy atom. The maximum absolute atomic E-state index is 13.5. The summed E-state index contributed by atoms with van der Waals surface area (Å²) < 4.78 is 0.954. The van der Waals surface area contributed by atoms with Gasteiger partial charge in [0.15, 0.2) is 0 Å². The highest BCUT2D eigenvalue weighted by molar-refractivity contribution is 9.10. The fourth-order valence-electron chi connectivity index (χ4n) is 4.00. The molecular formula is C25H28BrN3O. The quantitative estimate of drug-likeness (QED) is 0.505. The van der Waals surface area contributed by atoms with Gasteiger partial charge in [-0.3, -0.25) is 4.79 Å². The molecule has 156 valence electrons. The van der Waals surface area contributed by atoms with Crippen LogP contribution < -0.4 is 0 Å². The Morgan fingerprint density at radius 1 is 1.03 bits per heavy atom. The summed E-state index contributed by atoms with van der Waals surface area (Å²) in [5.74, 6) is 0.580. The van der Waals surface area contributed by atoms with Crippen molar-refractivity contribution >= 4 is 32.7 Å². The largest absolute Gasteiger partial charge is 0.336 e. The number of likely N-dealkylation sites (N-methyl/N-ethyl adjacent to an activating group) is 1. The Balaban J connectivity index is 1.75. The minimum absolute atomic E-state index is 0.0938. The molecule has 2 aromatic carbocycles. The standard InChI is InChI=1S/C25H28BrN3O/c1-4-28-11-13-29(14-12-28)25(30)22-16-24(19-7-5-18(6-8-19)17(2)3)27-23-10-9-20(26)15-21(22)23/h5-10,15-17H,4,11-14H2,1-3H3. The summed E-state index contributed by atoms with van der Waals surface area (Å²) >= 11 is 3.55. The maximum atomic E-state index is 13.5. The monoisotopic (exact) mass is 465 g/mol. The fraction of sp³-hybridized carbons (Fsp3) is 0.360. The molecule has 30 heavy (non-hydrogen) atoms. The number of rotatable bonds is 4. The van der Waals surface area contributed by atoms with E-state index in [1.807, 2.05) is 29.2 Å². The first kappa shape index (κ1) is 21.0. The second-order valence-corrected chi connectivity index (χ2v) is 9.14. The van der Waals surface area contributed by atoms with E-state index >= 15 is 0 Å². The zero-order valence-electron chi connectivity index (χ0n) is 17.9. The molecule has 1 amide bonds. The summed E-state index contributed by atoms with van der Waals surface area (Å²) in [6.07, 6.45) is 0. The highest BCUT2D eigenvalue weighted by Crippen LogP contribution is 2.29. The Morgan fingerprint density at radius 2 is 1.73 bits per heavy atom. The Kier molecular flexibility index (Phi) is 6.21. The van der Waals surface area contributed by atoms with Gasteiger partial charge >= 0.3 is 0 Å². The van der Waals surface area contributed by atoms with E-state index in [2.05, 4.69) is 65.9 Å². The molecule has 3 aromatic rings. The van der Waals surface area contributed by atoms with Crippen LogP contribution in [0.15, 0.2) is 53.0 Å². The zero-order valence-corrected chi connectivity index (χ0v) is 19.4. The van der Waals surface area contributed by atoms with Gasteiger partial charge in [-0.25, -0.2) is 4.98 Å². The van der Waals surface area contributed by atoms with Gasteiger partial charge in [-0.2, -0.15) is 0 Å². The molecule has 5 heteroatoms. The summed E-state index contributed by atoms with van der Waals surface area (Å²) in [4.78, 5) is 22.7. The first-order valence-electron chi connectivity index (χ1n) is 10.7. The van der Waals surface area contributed by atoms with Crippen LogP contribution in [0.3, 0.4) is 0 Å². The number of piperazine rings is 1. The summed E-state index contributed by atoms with van der Waals surface area (Å²) in [6.45, 7) is 11.0. The highest BCUT2D eigenvalue weighted by Gasteiger charge is 2.24. The molecule has 1 aliphatic rings. The van der Waals surface area contributed by atoms with Crippen LogP contribution in [0.4, 0.5) is 0 Å². The number of benzene rings is 2. The summed E-state index contributed by atoms with van der Waals surface area (Å²) in [5, 5.41) is 0.898. The third kappa shape index (κ3) is 4.28. The van der Waals surface area contributed by atoms with Crippen molar-refractivity contribution in [2.75, 3.05) is 32.7 Å².